The molecule has 0 saturated carbocycles. The standard InChI is InChI=1S/C12H19BrN2/c1-4-11(9(2)3)14-8-10-6-5-7-12(13)15-10/h5-7,9,11,14H,4,8H2,1-3H3. The number of rotatable bonds is 5. The first-order chi connectivity index (χ1) is 7.13. The van der Waals surface area contributed by atoms with Gasteiger partial charge in [0.05, 0.1) is 5.69 Å². The van der Waals surface area contributed by atoms with Gasteiger partial charge < -0.3 is 5.32 Å². The van der Waals surface area contributed by atoms with Crippen molar-refractivity contribution in [2.75, 3.05) is 0 Å². The fourth-order valence-corrected chi connectivity index (χ4v) is 2.02. The quantitative estimate of drug-likeness (QED) is 0.830. The Morgan fingerprint density at radius 1 is 1.40 bits per heavy atom. The second-order valence-corrected chi connectivity index (χ2v) is 4.90. The van der Waals surface area contributed by atoms with Gasteiger partial charge >= 0.3 is 0 Å². The Labute approximate surface area is 101 Å². The molecule has 0 spiro atoms. The average Bonchev–Trinajstić information content (AvgIpc) is 2.18. The summed E-state index contributed by atoms with van der Waals surface area (Å²) in [5.74, 6) is 0.669. The van der Waals surface area contributed by atoms with Crippen LogP contribution in [0, 0.1) is 5.92 Å². The first kappa shape index (κ1) is 12.7. The van der Waals surface area contributed by atoms with Gasteiger partial charge in [-0.25, -0.2) is 4.98 Å². The van der Waals surface area contributed by atoms with E-state index >= 15 is 0 Å². The Bertz CT molecular complexity index is 299. The van der Waals surface area contributed by atoms with Gasteiger partial charge in [-0.2, -0.15) is 0 Å². The van der Waals surface area contributed by atoms with Crippen LogP contribution in [0.1, 0.15) is 32.9 Å². The van der Waals surface area contributed by atoms with E-state index < -0.39 is 0 Å². The molecule has 1 rings (SSSR count). The van der Waals surface area contributed by atoms with Crippen molar-refractivity contribution in [3.05, 3.63) is 28.5 Å². The molecular formula is C12H19BrN2. The summed E-state index contributed by atoms with van der Waals surface area (Å²) in [6.07, 6.45) is 1.16. The number of halogens is 1. The molecule has 0 aliphatic rings. The van der Waals surface area contributed by atoms with Crippen molar-refractivity contribution in [1.82, 2.24) is 10.3 Å². The number of nitrogens with one attached hydrogen (secondary N) is 1. The number of hydrogen-bond acceptors (Lipinski definition) is 2. The Hall–Kier alpha value is -0.410. The van der Waals surface area contributed by atoms with Crippen LogP contribution in [0.25, 0.3) is 0 Å². The zero-order chi connectivity index (χ0) is 11.3. The van der Waals surface area contributed by atoms with Gasteiger partial charge in [-0.05, 0) is 40.4 Å². The maximum atomic E-state index is 4.39. The third-order valence-electron chi connectivity index (χ3n) is 2.56. The number of aromatic nitrogens is 1. The topological polar surface area (TPSA) is 24.9 Å². The highest BCUT2D eigenvalue weighted by atomic mass is 79.9. The Morgan fingerprint density at radius 3 is 2.67 bits per heavy atom. The van der Waals surface area contributed by atoms with Crippen LogP contribution in [0.3, 0.4) is 0 Å². The monoisotopic (exact) mass is 270 g/mol. The average molecular weight is 271 g/mol. The molecule has 84 valence electrons. The highest BCUT2D eigenvalue weighted by molar-refractivity contribution is 9.10. The van der Waals surface area contributed by atoms with E-state index in [-0.39, 0.29) is 0 Å². The summed E-state index contributed by atoms with van der Waals surface area (Å²) in [5.41, 5.74) is 1.09. The molecule has 1 N–H and O–H groups in total. The molecule has 1 unspecified atom stereocenters. The molecule has 0 bridgehead atoms. The minimum Gasteiger partial charge on any atom is -0.308 e. The zero-order valence-electron chi connectivity index (χ0n) is 9.63. The van der Waals surface area contributed by atoms with Gasteiger partial charge in [-0.15, -0.1) is 0 Å². The molecular weight excluding hydrogens is 252 g/mol. The van der Waals surface area contributed by atoms with Crippen molar-refractivity contribution < 1.29 is 0 Å². The number of hydrogen-bond donors (Lipinski definition) is 1. The summed E-state index contributed by atoms with van der Waals surface area (Å²) in [6, 6.07) is 6.59. The van der Waals surface area contributed by atoms with E-state index in [0.29, 0.717) is 12.0 Å². The van der Waals surface area contributed by atoms with E-state index in [9.17, 15) is 0 Å². The van der Waals surface area contributed by atoms with Crippen LogP contribution in [-0.2, 0) is 6.54 Å². The van der Waals surface area contributed by atoms with Crippen molar-refractivity contribution in [2.24, 2.45) is 5.92 Å². The zero-order valence-corrected chi connectivity index (χ0v) is 11.2. The number of nitrogens with zero attached hydrogens (tertiary/aromatic N) is 1. The lowest BCUT2D eigenvalue weighted by molar-refractivity contribution is 0.385. The van der Waals surface area contributed by atoms with E-state index in [4.69, 9.17) is 0 Å². The van der Waals surface area contributed by atoms with Gasteiger partial charge in [-0.3, -0.25) is 0 Å². The summed E-state index contributed by atoms with van der Waals surface area (Å²) in [4.78, 5) is 4.39. The molecule has 1 atom stereocenters. The van der Waals surface area contributed by atoms with Crippen molar-refractivity contribution in [2.45, 2.75) is 39.8 Å². The highest BCUT2D eigenvalue weighted by Crippen LogP contribution is 2.09. The van der Waals surface area contributed by atoms with Gasteiger partial charge in [0.2, 0.25) is 0 Å². The van der Waals surface area contributed by atoms with Gasteiger partial charge in [-0.1, -0.05) is 26.8 Å². The highest BCUT2D eigenvalue weighted by Gasteiger charge is 2.09. The largest absolute Gasteiger partial charge is 0.308 e. The lowest BCUT2D eigenvalue weighted by atomic mass is 10.0. The van der Waals surface area contributed by atoms with E-state index in [2.05, 4.69) is 47.0 Å². The van der Waals surface area contributed by atoms with Crippen molar-refractivity contribution in [3.63, 3.8) is 0 Å². The molecule has 0 amide bonds. The Balaban J connectivity index is 2.49. The smallest absolute Gasteiger partial charge is 0.106 e. The molecule has 1 aromatic rings. The third-order valence-corrected chi connectivity index (χ3v) is 3.00. The molecule has 0 aliphatic carbocycles. The van der Waals surface area contributed by atoms with Crippen LogP contribution in [0.5, 0.6) is 0 Å². The summed E-state index contributed by atoms with van der Waals surface area (Å²) in [5, 5.41) is 3.53. The van der Waals surface area contributed by atoms with Crippen LogP contribution in [0.15, 0.2) is 22.8 Å². The predicted octanol–water partition coefficient (Wildman–Crippen LogP) is 3.37. The van der Waals surface area contributed by atoms with Crippen LogP contribution in [0.2, 0.25) is 0 Å². The van der Waals surface area contributed by atoms with Crippen LogP contribution >= 0.6 is 15.9 Å². The normalized spacial score (nSPS) is 13.1. The van der Waals surface area contributed by atoms with Crippen LogP contribution < -0.4 is 5.32 Å². The number of pyridine rings is 1. The fourth-order valence-electron chi connectivity index (χ4n) is 1.64. The van der Waals surface area contributed by atoms with Gasteiger partial charge in [0, 0.05) is 12.6 Å². The first-order valence-corrected chi connectivity index (χ1v) is 6.27. The molecule has 0 radical (unpaired) electrons. The summed E-state index contributed by atoms with van der Waals surface area (Å²) >= 11 is 3.38. The summed E-state index contributed by atoms with van der Waals surface area (Å²) in [7, 11) is 0. The van der Waals surface area contributed by atoms with Crippen molar-refractivity contribution in [1.29, 1.82) is 0 Å². The van der Waals surface area contributed by atoms with Gasteiger partial charge in [0.15, 0.2) is 0 Å². The summed E-state index contributed by atoms with van der Waals surface area (Å²) in [6.45, 7) is 7.55. The molecule has 0 fully saturated rings. The van der Waals surface area contributed by atoms with Gasteiger partial charge in [0.1, 0.15) is 4.60 Å². The fraction of sp³-hybridized carbons (Fsp3) is 0.583. The minimum atomic E-state index is 0.575. The first-order valence-electron chi connectivity index (χ1n) is 5.48. The Morgan fingerprint density at radius 2 is 2.13 bits per heavy atom. The minimum absolute atomic E-state index is 0.575. The second-order valence-electron chi connectivity index (χ2n) is 4.09. The lowest BCUT2D eigenvalue weighted by Gasteiger charge is -2.20. The maximum Gasteiger partial charge on any atom is 0.106 e. The molecule has 1 heterocycles. The molecule has 0 saturated heterocycles. The second kappa shape index (κ2) is 6.23. The molecule has 3 heteroatoms. The molecule has 2 nitrogen and oxygen atoms in total. The van der Waals surface area contributed by atoms with Crippen molar-refractivity contribution in [3.8, 4) is 0 Å². The summed E-state index contributed by atoms with van der Waals surface area (Å²) < 4.78 is 0.902. The van der Waals surface area contributed by atoms with E-state index in [1.165, 1.54) is 0 Å². The molecule has 1 aromatic heterocycles. The van der Waals surface area contributed by atoms with E-state index in [1.54, 1.807) is 0 Å². The SMILES string of the molecule is CCC(NCc1cccc(Br)n1)C(C)C. The molecule has 15 heavy (non-hydrogen) atoms. The third kappa shape index (κ3) is 4.31. The lowest BCUT2D eigenvalue weighted by Crippen LogP contribution is -2.32. The molecule has 0 aromatic carbocycles. The van der Waals surface area contributed by atoms with E-state index in [0.717, 1.165) is 23.3 Å². The molecule has 0 aliphatic heterocycles. The van der Waals surface area contributed by atoms with Crippen LogP contribution in [0.4, 0.5) is 0 Å². The van der Waals surface area contributed by atoms with Crippen LogP contribution in [-0.4, -0.2) is 11.0 Å². The predicted molar refractivity (Wildman–Crippen MR) is 67.7 cm³/mol. The Kier molecular flexibility index (Phi) is 5.26. The van der Waals surface area contributed by atoms with E-state index in [1.807, 2.05) is 18.2 Å². The van der Waals surface area contributed by atoms with Gasteiger partial charge in [0.25, 0.3) is 0 Å². The van der Waals surface area contributed by atoms with Crippen molar-refractivity contribution >= 4 is 15.9 Å². The maximum absolute atomic E-state index is 4.39.